The molecule has 1 amide bonds. The summed E-state index contributed by atoms with van der Waals surface area (Å²) in [6.07, 6.45) is 3.25. The van der Waals surface area contributed by atoms with Crippen LogP contribution in [-0.2, 0) is 14.8 Å². The van der Waals surface area contributed by atoms with Gasteiger partial charge in [-0.2, -0.15) is 4.31 Å². The Balaban J connectivity index is 1.52. The molecular weight excluding hydrogens is 400 g/mol. The van der Waals surface area contributed by atoms with Gasteiger partial charge in [-0.15, -0.1) is 0 Å². The van der Waals surface area contributed by atoms with Crippen molar-refractivity contribution in [1.29, 1.82) is 0 Å². The highest BCUT2D eigenvalue weighted by atomic mass is 32.2. The molecule has 30 heavy (non-hydrogen) atoms. The smallest absolute Gasteiger partial charge is 0.257 e. The van der Waals surface area contributed by atoms with E-state index in [0.717, 1.165) is 30.4 Å². The highest BCUT2D eigenvalue weighted by Gasteiger charge is 2.33. The van der Waals surface area contributed by atoms with Gasteiger partial charge in [-0.05, 0) is 57.4 Å². The molecule has 1 aliphatic heterocycles. The molecule has 162 valence electrons. The second-order valence-electron chi connectivity index (χ2n) is 7.82. The van der Waals surface area contributed by atoms with Gasteiger partial charge in [-0.25, -0.2) is 8.42 Å². The van der Waals surface area contributed by atoms with Crippen LogP contribution in [0, 0.1) is 13.8 Å². The van der Waals surface area contributed by atoms with Crippen LogP contribution in [0.5, 0.6) is 5.75 Å². The minimum absolute atomic E-state index is 0.0564. The largest absolute Gasteiger partial charge is 0.484 e. The average molecular weight is 431 g/mol. The second kappa shape index (κ2) is 10.1. The van der Waals surface area contributed by atoms with Crippen molar-refractivity contribution < 1.29 is 17.9 Å². The molecule has 3 rings (SSSR count). The maximum atomic E-state index is 13.1. The summed E-state index contributed by atoms with van der Waals surface area (Å²) in [6, 6.07) is 14.4. The standard InChI is InChI=1S/C23H30N2O4S/c1-18-6-10-21(11-7-18)29-17-23(26)24-15-14-20-5-3-4-16-25(20)30(27,28)22-12-8-19(2)9-13-22/h6-13,20H,3-5,14-17H2,1-2H3,(H,24,26). The van der Waals surface area contributed by atoms with Crippen molar-refractivity contribution in [3.63, 3.8) is 0 Å². The Morgan fingerprint density at radius 2 is 1.67 bits per heavy atom. The Kier molecular flexibility index (Phi) is 7.50. The summed E-state index contributed by atoms with van der Waals surface area (Å²) in [7, 11) is -3.53. The van der Waals surface area contributed by atoms with E-state index < -0.39 is 10.0 Å². The van der Waals surface area contributed by atoms with E-state index in [2.05, 4.69) is 5.32 Å². The molecule has 0 aliphatic carbocycles. The highest BCUT2D eigenvalue weighted by molar-refractivity contribution is 7.89. The lowest BCUT2D eigenvalue weighted by atomic mass is 10.0. The van der Waals surface area contributed by atoms with Crippen LogP contribution in [0.2, 0.25) is 0 Å². The SMILES string of the molecule is Cc1ccc(OCC(=O)NCCC2CCCCN2S(=O)(=O)c2ccc(C)cc2)cc1. The Labute approximate surface area is 179 Å². The number of amides is 1. The van der Waals surface area contributed by atoms with Crippen molar-refractivity contribution in [1.82, 2.24) is 9.62 Å². The van der Waals surface area contributed by atoms with Gasteiger partial charge < -0.3 is 10.1 Å². The van der Waals surface area contributed by atoms with E-state index in [9.17, 15) is 13.2 Å². The summed E-state index contributed by atoms with van der Waals surface area (Å²) >= 11 is 0. The number of hydrogen-bond donors (Lipinski definition) is 1. The number of rotatable bonds is 8. The zero-order valence-electron chi connectivity index (χ0n) is 17.6. The van der Waals surface area contributed by atoms with E-state index in [-0.39, 0.29) is 18.6 Å². The highest BCUT2D eigenvalue weighted by Crippen LogP contribution is 2.27. The van der Waals surface area contributed by atoms with Crippen molar-refractivity contribution in [3.8, 4) is 5.75 Å². The first kappa shape index (κ1) is 22.3. The molecule has 0 bridgehead atoms. The molecular formula is C23H30N2O4S. The topological polar surface area (TPSA) is 75.7 Å². The van der Waals surface area contributed by atoms with E-state index in [4.69, 9.17) is 4.74 Å². The zero-order valence-corrected chi connectivity index (χ0v) is 18.5. The molecule has 1 saturated heterocycles. The third kappa shape index (κ3) is 5.83. The van der Waals surface area contributed by atoms with E-state index >= 15 is 0 Å². The Bertz CT molecular complexity index is 940. The number of benzene rings is 2. The Morgan fingerprint density at radius 1 is 1.03 bits per heavy atom. The molecule has 1 heterocycles. The number of nitrogens with zero attached hydrogens (tertiary/aromatic N) is 1. The third-order valence-corrected chi connectivity index (χ3v) is 7.36. The average Bonchev–Trinajstić information content (AvgIpc) is 2.74. The Hall–Kier alpha value is -2.38. The quantitative estimate of drug-likeness (QED) is 0.696. The summed E-state index contributed by atoms with van der Waals surface area (Å²) in [4.78, 5) is 12.4. The first-order chi connectivity index (χ1) is 14.4. The summed E-state index contributed by atoms with van der Waals surface area (Å²) in [5.74, 6) is 0.442. The number of carbonyl (C=O) groups excluding carboxylic acids is 1. The number of carbonyl (C=O) groups is 1. The first-order valence-electron chi connectivity index (χ1n) is 10.4. The van der Waals surface area contributed by atoms with Gasteiger partial charge in [0.1, 0.15) is 5.75 Å². The lowest BCUT2D eigenvalue weighted by Gasteiger charge is -2.34. The summed E-state index contributed by atoms with van der Waals surface area (Å²) < 4.78 is 33.3. The fraction of sp³-hybridized carbons (Fsp3) is 0.435. The number of ether oxygens (including phenoxy) is 1. The molecule has 7 heteroatoms. The first-order valence-corrected chi connectivity index (χ1v) is 11.8. The van der Waals surface area contributed by atoms with Crippen LogP contribution in [0.15, 0.2) is 53.4 Å². The van der Waals surface area contributed by atoms with Crippen molar-refractivity contribution in [2.24, 2.45) is 0 Å². The fourth-order valence-electron chi connectivity index (χ4n) is 3.64. The van der Waals surface area contributed by atoms with Gasteiger partial charge in [0.25, 0.3) is 5.91 Å². The second-order valence-corrected chi connectivity index (χ2v) is 9.71. The van der Waals surface area contributed by atoms with Crippen LogP contribution in [0.4, 0.5) is 0 Å². The Morgan fingerprint density at radius 3 is 2.33 bits per heavy atom. The minimum Gasteiger partial charge on any atom is -0.484 e. The predicted molar refractivity (Wildman–Crippen MR) is 117 cm³/mol. The maximum absolute atomic E-state index is 13.1. The van der Waals surface area contributed by atoms with Crippen LogP contribution in [0.1, 0.15) is 36.8 Å². The number of aryl methyl sites for hydroxylation is 2. The van der Waals surface area contributed by atoms with Crippen LogP contribution in [0.25, 0.3) is 0 Å². The number of sulfonamides is 1. The van der Waals surface area contributed by atoms with Gasteiger partial charge in [0.15, 0.2) is 6.61 Å². The van der Waals surface area contributed by atoms with Gasteiger partial charge in [-0.1, -0.05) is 41.8 Å². The molecule has 0 spiro atoms. The van der Waals surface area contributed by atoms with E-state index in [1.807, 2.05) is 50.2 Å². The molecule has 2 aromatic rings. The van der Waals surface area contributed by atoms with Gasteiger partial charge >= 0.3 is 0 Å². The molecule has 2 aromatic carbocycles. The summed E-state index contributed by atoms with van der Waals surface area (Å²) in [5.41, 5.74) is 2.16. The van der Waals surface area contributed by atoms with Crippen molar-refractivity contribution in [2.75, 3.05) is 19.7 Å². The maximum Gasteiger partial charge on any atom is 0.257 e. The minimum atomic E-state index is -3.53. The summed E-state index contributed by atoms with van der Waals surface area (Å²) in [6.45, 7) is 4.81. The van der Waals surface area contributed by atoms with Crippen LogP contribution < -0.4 is 10.1 Å². The van der Waals surface area contributed by atoms with Crippen molar-refractivity contribution in [3.05, 3.63) is 59.7 Å². The molecule has 1 fully saturated rings. The molecule has 1 N–H and O–H groups in total. The van der Waals surface area contributed by atoms with Crippen molar-refractivity contribution >= 4 is 15.9 Å². The fourth-order valence-corrected chi connectivity index (χ4v) is 5.36. The number of piperidine rings is 1. The number of hydrogen-bond acceptors (Lipinski definition) is 4. The van der Waals surface area contributed by atoms with Crippen LogP contribution in [-0.4, -0.2) is 44.4 Å². The zero-order chi connectivity index (χ0) is 21.6. The predicted octanol–water partition coefficient (Wildman–Crippen LogP) is 3.43. The lowest BCUT2D eigenvalue weighted by molar-refractivity contribution is -0.123. The van der Waals surface area contributed by atoms with Crippen LogP contribution >= 0.6 is 0 Å². The van der Waals surface area contributed by atoms with Gasteiger partial charge in [-0.3, -0.25) is 4.79 Å². The molecule has 0 saturated carbocycles. The molecule has 1 aliphatic rings. The van der Waals surface area contributed by atoms with E-state index in [1.165, 1.54) is 0 Å². The molecule has 0 radical (unpaired) electrons. The normalized spacial score (nSPS) is 17.5. The van der Waals surface area contributed by atoms with Crippen LogP contribution in [0.3, 0.4) is 0 Å². The van der Waals surface area contributed by atoms with E-state index in [0.29, 0.717) is 30.2 Å². The van der Waals surface area contributed by atoms with Crippen molar-refractivity contribution in [2.45, 2.75) is 50.5 Å². The molecule has 0 aromatic heterocycles. The van der Waals surface area contributed by atoms with Gasteiger partial charge in [0.05, 0.1) is 4.90 Å². The molecule has 1 atom stereocenters. The van der Waals surface area contributed by atoms with Gasteiger partial charge in [0.2, 0.25) is 10.0 Å². The number of nitrogens with one attached hydrogen (secondary N) is 1. The van der Waals surface area contributed by atoms with E-state index in [1.54, 1.807) is 16.4 Å². The van der Waals surface area contributed by atoms with Gasteiger partial charge in [0, 0.05) is 19.1 Å². The lowest BCUT2D eigenvalue weighted by Crippen LogP contribution is -2.45. The summed E-state index contributed by atoms with van der Waals surface area (Å²) in [5, 5.41) is 2.85. The monoisotopic (exact) mass is 430 g/mol. The third-order valence-electron chi connectivity index (χ3n) is 5.39. The molecule has 6 nitrogen and oxygen atoms in total. The molecule has 1 unspecified atom stereocenters.